The van der Waals surface area contributed by atoms with Crippen LogP contribution in [0.2, 0.25) is 0 Å². The van der Waals surface area contributed by atoms with Crippen LogP contribution in [0.1, 0.15) is 20.7 Å². The Morgan fingerprint density at radius 3 is 1.84 bits per heavy atom. The first-order valence-electron chi connectivity index (χ1n) is 11.8. The van der Waals surface area contributed by atoms with Crippen molar-refractivity contribution < 1.29 is 14.5 Å². The zero-order valence-electron chi connectivity index (χ0n) is 19.4. The number of nitrogens with zero attached hydrogens (tertiary/aromatic N) is 7. The summed E-state index contributed by atoms with van der Waals surface area (Å²) in [6, 6.07) is 19.2. The number of hydrogen-bond donors (Lipinski definition) is 0. The molecule has 2 aromatic heterocycles. The first kappa shape index (κ1) is 21.2. The lowest BCUT2D eigenvalue weighted by Gasteiger charge is -2.16. The van der Waals surface area contributed by atoms with Crippen LogP contribution in [-0.4, -0.2) is 48.9 Å². The van der Waals surface area contributed by atoms with Gasteiger partial charge in [0, 0.05) is 37.8 Å². The van der Waals surface area contributed by atoms with Gasteiger partial charge in [-0.3, -0.25) is 29.5 Å². The van der Waals surface area contributed by atoms with E-state index in [2.05, 4.69) is 9.97 Å². The van der Waals surface area contributed by atoms with Crippen molar-refractivity contribution >= 4 is 51.5 Å². The molecule has 0 spiro atoms. The summed E-state index contributed by atoms with van der Waals surface area (Å²) in [5.41, 5.74) is 2.98. The Labute approximate surface area is 209 Å². The van der Waals surface area contributed by atoms with Crippen LogP contribution in [0.5, 0.6) is 0 Å². The smallest absolute Gasteiger partial charge is 0.282 e. The summed E-state index contributed by atoms with van der Waals surface area (Å²) in [7, 11) is 0. The molecule has 182 valence electrons. The van der Waals surface area contributed by atoms with Crippen molar-refractivity contribution in [2.45, 2.75) is 13.1 Å². The zero-order valence-corrected chi connectivity index (χ0v) is 19.4. The van der Waals surface area contributed by atoms with Crippen LogP contribution >= 0.6 is 0 Å². The molecule has 2 amide bonds. The van der Waals surface area contributed by atoms with E-state index in [4.69, 9.17) is 0 Å². The predicted molar refractivity (Wildman–Crippen MR) is 136 cm³/mol. The average molecular weight is 493 g/mol. The molecule has 3 aromatic carbocycles. The molecule has 37 heavy (non-hydrogen) atoms. The minimum Gasteiger partial charge on any atom is -0.308 e. The summed E-state index contributed by atoms with van der Waals surface area (Å²) in [6.07, 6.45) is 0. The fraction of sp³-hybridized carbons (Fsp3) is 0.154. The molecule has 11 nitrogen and oxygen atoms in total. The number of para-hydroxylation sites is 4. The van der Waals surface area contributed by atoms with E-state index in [1.54, 1.807) is 0 Å². The molecule has 0 unspecified atom stereocenters. The number of nitro groups is 1. The Hall–Kier alpha value is -5.06. The van der Waals surface area contributed by atoms with Crippen LogP contribution in [0.3, 0.4) is 0 Å². The van der Waals surface area contributed by atoms with Crippen molar-refractivity contribution in [2.75, 3.05) is 22.9 Å². The molecule has 0 fully saturated rings. The number of rotatable bonds is 3. The van der Waals surface area contributed by atoms with Crippen molar-refractivity contribution in [3.05, 3.63) is 88.0 Å². The van der Waals surface area contributed by atoms with Gasteiger partial charge in [-0.1, -0.05) is 24.3 Å². The average Bonchev–Trinajstić information content (AvgIpc) is 3.67. The summed E-state index contributed by atoms with van der Waals surface area (Å²) >= 11 is 0. The molecular formula is C26H19N7O4. The molecular weight excluding hydrogens is 474 g/mol. The van der Waals surface area contributed by atoms with Crippen molar-refractivity contribution in [1.29, 1.82) is 0 Å². The lowest BCUT2D eigenvalue weighted by Crippen LogP contribution is -2.31. The van der Waals surface area contributed by atoms with Crippen LogP contribution in [0.25, 0.3) is 22.1 Å². The summed E-state index contributed by atoms with van der Waals surface area (Å²) in [4.78, 5) is 50.4. The topological polar surface area (TPSA) is 119 Å². The van der Waals surface area contributed by atoms with Crippen LogP contribution in [0, 0.1) is 10.1 Å². The summed E-state index contributed by atoms with van der Waals surface area (Å²) in [5.74, 6) is 0.0310. The molecule has 0 saturated heterocycles. The number of nitro benzene ring substituents is 1. The third kappa shape index (κ3) is 3.07. The minimum absolute atomic E-state index is 0.0873. The minimum atomic E-state index is -0.623. The molecule has 0 bridgehead atoms. The summed E-state index contributed by atoms with van der Waals surface area (Å²) in [6.45, 7) is 1.89. The van der Waals surface area contributed by atoms with Gasteiger partial charge in [0.2, 0.25) is 11.9 Å². The fourth-order valence-corrected chi connectivity index (χ4v) is 5.26. The second-order valence-corrected chi connectivity index (χ2v) is 9.01. The Morgan fingerprint density at radius 2 is 1.27 bits per heavy atom. The first-order chi connectivity index (χ1) is 18.0. The predicted octanol–water partition coefficient (Wildman–Crippen LogP) is 3.62. The van der Waals surface area contributed by atoms with Gasteiger partial charge in [0.1, 0.15) is 5.56 Å². The van der Waals surface area contributed by atoms with Crippen molar-refractivity contribution in [3.63, 3.8) is 0 Å². The quantitative estimate of drug-likeness (QED) is 0.280. The molecule has 0 saturated carbocycles. The number of carbonyl (C=O) groups excluding carboxylic acids is 2. The largest absolute Gasteiger partial charge is 0.308 e. The fourth-order valence-electron chi connectivity index (χ4n) is 5.26. The number of anilines is 2. The monoisotopic (exact) mass is 493 g/mol. The Kier molecular flexibility index (Phi) is 4.43. The lowest BCUT2D eigenvalue weighted by atomic mass is 10.1. The van der Waals surface area contributed by atoms with E-state index in [1.165, 1.54) is 28.0 Å². The van der Waals surface area contributed by atoms with Gasteiger partial charge in [-0.05, 0) is 36.4 Å². The van der Waals surface area contributed by atoms with Crippen LogP contribution in [-0.2, 0) is 13.1 Å². The van der Waals surface area contributed by atoms with E-state index in [1.807, 2.05) is 57.7 Å². The third-order valence-corrected chi connectivity index (χ3v) is 7.01. The van der Waals surface area contributed by atoms with Gasteiger partial charge in [0.25, 0.3) is 17.5 Å². The second-order valence-electron chi connectivity index (χ2n) is 9.01. The maximum atomic E-state index is 13.5. The van der Waals surface area contributed by atoms with Gasteiger partial charge >= 0.3 is 0 Å². The van der Waals surface area contributed by atoms with Crippen molar-refractivity contribution in [1.82, 2.24) is 19.1 Å². The zero-order chi connectivity index (χ0) is 25.3. The highest BCUT2D eigenvalue weighted by atomic mass is 16.6. The summed E-state index contributed by atoms with van der Waals surface area (Å²) < 4.78 is 3.88. The normalized spacial score (nSPS) is 14.4. The molecule has 0 radical (unpaired) electrons. The van der Waals surface area contributed by atoms with Crippen molar-refractivity contribution in [3.8, 4) is 0 Å². The van der Waals surface area contributed by atoms with E-state index in [9.17, 15) is 19.7 Å². The molecule has 0 aliphatic carbocycles. The molecule has 2 aliphatic heterocycles. The highest BCUT2D eigenvalue weighted by molar-refractivity contribution is 6.11. The van der Waals surface area contributed by atoms with Crippen LogP contribution < -0.4 is 9.80 Å². The maximum absolute atomic E-state index is 13.5. The molecule has 4 heterocycles. The maximum Gasteiger partial charge on any atom is 0.282 e. The van der Waals surface area contributed by atoms with Gasteiger partial charge in [-0.2, -0.15) is 0 Å². The Morgan fingerprint density at radius 1 is 0.730 bits per heavy atom. The summed E-state index contributed by atoms with van der Waals surface area (Å²) in [5, 5.41) is 12.0. The van der Waals surface area contributed by atoms with E-state index in [0.29, 0.717) is 38.1 Å². The van der Waals surface area contributed by atoms with Gasteiger partial charge < -0.3 is 9.13 Å². The number of benzene rings is 3. The van der Waals surface area contributed by atoms with Gasteiger partial charge in [0.15, 0.2) is 0 Å². The van der Waals surface area contributed by atoms with Gasteiger partial charge in [-0.25, -0.2) is 9.97 Å². The Balaban J connectivity index is 1.23. The van der Waals surface area contributed by atoms with E-state index in [0.717, 1.165) is 22.1 Å². The van der Waals surface area contributed by atoms with Crippen LogP contribution in [0.4, 0.5) is 17.6 Å². The molecule has 5 aromatic rings. The first-order valence-corrected chi connectivity index (χ1v) is 11.8. The molecule has 0 N–H and O–H groups in total. The lowest BCUT2D eigenvalue weighted by molar-refractivity contribution is -0.385. The number of carbonyl (C=O) groups is 2. The van der Waals surface area contributed by atoms with E-state index >= 15 is 0 Å². The number of hydrogen-bond acceptors (Lipinski definition) is 6. The van der Waals surface area contributed by atoms with E-state index in [-0.39, 0.29) is 11.1 Å². The number of aromatic nitrogens is 4. The van der Waals surface area contributed by atoms with Crippen molar-refractivity contribution in [2.24, 2.45) is 0 Å². The molecule has 11 heteroatoms. The number of fused-ring (bicyclic) bond motifs is 6. The van der Waals surface area contributed by atoms with Gasteiger partial charge in [-0.15, -0.1) is 0 Å². The van der Waals surface area contributed by atoms with E-state index < -0.39 is 22.4 Å². The number of imidazole rings is 2. The molecule has 2 aliphatic rings. The SMILES string of the molecule is O=C(c1ccc(C(=O)N2CCn3c2nc2ccccc23)c([N+](=O)[O-])c1)N1CCn2c1nc1ccccc12. The molecule has 0 atom stereocenters. The highest BCUT2D eigenvalue weighted by Gasteiger charge is 2.35. The van der Waals surface area contributed by atoms with Crippen LogP contribution in [0.15, 0.2) is 66.7 Å². The van der Waals surface area contributed by atoms with Gasteiger partial charge in [0.05, 0.1) is 27.0 Å². The second kappa shape index (κ2) is 7.72. The molecule has 7 rings (SSSR count). The third-order valence-electron chi connectivity index (χ3n) is 7.01. The Bertz CT molecular complexity index is 1790. The number of amides is 2. The highest BCUT2D eigenvalue weighted by Crippen LogP contribution is 2.32. The standard InChI is InChI=1S/C26H19N7O4/c34-23(31-13-11-29-20-7-3-1-5-18(20)27-25(29)31)16-9-10-17(22(15-16)33(36)37)24(35)32-14-12-30-21-8-4-2-6-19(21)28-26(30)32/h1-10,15H,11-14H2.